The van der Waals surface area contributed by atoms with Gasteiger partial charge in [0.15, 0.2) is 0 Å². The summed E-state index contributed by atoms with van der Waals surface area (Å²) in [6.07, 6.45) is -8.67. The van der Waals surface area contributed by atoms with E-state index in [2.05, 4.69) is 0 Å². The normalized spacial score (nSPS) is 15.1. The lowest BCUT2D eigenvalue weighted by Crippen LogP contribution is -2.22. The number of hydrogen-bond acceptors (Lipinski definition) is 3. The molecular formula is C12H13F3O4. The molecule has 0 aliphatic carbocycles. The first-order valence-electron chi connectivity index (χ1n) is 5.38. The number of hydrogen-bond donors (Lipinski definition) is 3. The molecule has 0 saturated carbocycles. The van der Waals surface area contributed by atoms with E-state index in [9.17, 15) is 28.2 Å². The second-order valence-electron chi connectivity index (χ2n) is 4.24. The Balaban J connectivity index is 3.06. The Kier molecular flexibility index (Phi) is 4.54. The summed E-state index contributed by atoms with van der Waals surface area (Å²) >= 11 is 0. The van der Waals surface area contributed by atoms with Crippen LogP contribution >= 0.6 is 0 Å². The molecule has 19 heavy (non-hydrogen) atoms. The standard InChI is InChI=1S/C12H13F3O4/c1-6-2-7(4-8(3-6)12(13,14)15)11(19)9(16)5-10(17)18/h2-4,9,11,16,19H,5H2,1H3,(H,17,18). The molecule has 2 atom stereocenters. The first kappa shape index (κ1) is 15.5. The minimum Gasteiger partial charge on any atom is -0.481 e. The Morgan fingerprint density at radius 3 is 2.32 bits per heavy atom. The van der Waals surface area contributed by atoms with E-state index in [0.29, 0.717) is 6.07 Å². The summed E-state index contributed by atoms with van der Waals surface area (Å²) in [4.78, 5) is 10.4. The van der Waals surface area contributed by atoms with Gasteiger partial charge in [0.1, 0.15) is 6.10 Å². The molecule has 1 aromatic rings. The summed E-state index contributed by atoms with van der Waals surface area (Å²) in [6, 6.07) is 2.87. The van der Waals surface area contributed by atoms with Gasteiger partial charge >= 0.3 is 12.1 Å². The van der Waals surface area contributed by atoms with E-state index in [1.807, 2.05) is 0 Å². The van der Waals surface area contributed by atoms with E-state index in [-0.39, 0.29) is 11.1 Å². The average Bonchev–Trinajstić information content (AvgIpc) is 2.25. The number of aliphatic hydroxyl groups is 2. The van der Waals surface area contributed by atoms with Gasteiger partial charge in [-0.1, -0.05) is 11.6 Å². The highest BCUT2D eigenvalue weighted by atomic mass is 19.4. The summed E-state index contributed by atoms with van der Waals surface area (Å²) in [5.74, 6) is -1.35. The van der Waals surface area contributed by atoms with Gasteiger partial charge in [0.25, 0.3) is 0 Å². The SMILES string of the molecule is Cc1cc(C(O)C(O)CC(=O)O)cc(C(F)(F)F)c1. The van der Waals surface area contributed by atoms with Gasteiger partial charge in [0, 0.05) is 0 Å². The fraction of sp³-hybridized carbons (Fsp3) is 0.417. The fourth-order valence-electron chi connectivity index (χ4n) is 1.66. The van der Waals surface area contributed by atoms with Crippen molar-refractivity contribution in [2.24, 2.45) is 0 Å². The molecule has 0 fully saturated rings. The Morgan fingerprint density at radius 1 is 1.26 bits per heavy atom. The molecule has 1 aromatic carbocycles. The Bertz CT molecular complexity index is 471. The third-order valence-corrected chi connectivity index (χ3v) is 2.52. The first-order chi connectivity index (χ1) is 8.61. The van der Waals surface area contributed by atoms with Crippen LogP contribution in [0.15, 0.2) is 18.2 Å². The van der Waals surface area contributed by atoms with E-state index < -0.39 is 36.3 Å². The smallest absolute Gasteiger partial charge is 0.416 e. The van der Waals surface area contributed by atoms with Crippen molar-refractivity contribution in [1.82, 2.24) is 0 Å². The summed E-state index contributed by atoms with van der Waals surface area (Å²) < 4.78 is 37.8. The van der Waals surface area contributed by atoms with Crippen molar-refractivity contribution < 1.29 is 33.3 Å². The molecular weight excluding hydrogens is 265 g/mol. The third-order valence-electron chi connectivity index (χ3n) is 2.52. The topological polar surface area (TPSA) is 77.8 Å². The Morgan fingerprint density at radius 2 is 1.84 bits per heavy atom. The van der Waals surface area contributed by atoms with E-state index in [0.717, 1.165) is 6.07 Å². The minimum absolute atomic E-state index is 0.166. The van der Waals surface area contributed by atoms with Gasteiger partial charge in [-0.2, -0.15) is 13.2 Å². The zero-order valence-electron chi connectivity index (χ0n) is 9.98. The van der Waals surface area contributed by atoms with Crippen LogP contribution < -0.4 is 0 Å². The number of halogens is 3. The number of carbonyl (C=O) groups is 1. The number of carboxylic acids is 1. The van der Waals surface area contributed by atoms with Crippen molar-refractivity contribution in [1.29, 1.82) is 0 Å². The molecule has 4 nitrogen and oxygen atoms in total. The molecule has 0 radical (unpaired) electrons. The van der Waals surface area contributed by atoms with E-state index in [4.69, 9.17) is 5.11 Å². The zero-order chi connectivity index (χ0) is 14.8. The van der Waals surface area contributed by atoms with Gasteiger partial charge in [-0.05, 0) is 24.6 Å². The molecule has 1 rings (SSSR count). The Labute approximate surface area is 107 Å². The highest BCUT2D eigenvalue weighted by Crippen LogP contribution is 2.32. The minimum atomic E-state index is -4.57. The van der Waals surface area contributed by atoms with Crippen LogP contribution in [-0.4, -0.2) is 27.4 Å². The zero-order valence-corrected chi connectivity index (χ0v) is 9.98. The molecule has 0 aliphatic rings. The predicted molar refractivity (Wildman–Crippen MR) is 59.4 cm³/mol. The maximum Gasteiger partial charge on any atom is 0.416 e. The van der Waals surface area contributed by atoms with Crippen molar-refractivity contribution in [3.63, 3.8) is 0 Å². The highest BCUT2D eigenvalue weighted by molar-refractivity contribution is 5.67. The highest BCUT2D eigenvalue weighted by Gasteiger charge is 2.32. The molecule has 0 bridgehead atoms. The van der Waals surface area contributed by atoms with E-state index in [1.54, 1.807) is 0 Å². The molecule has 106 valence electrons. The molecule has 3 N–H and O–H groups in total. The lowest BCUT2D eigenvalue weighted by Gasteiger charge is -2.18. The monoisotopic (exact) mass is 278 g/mol. The number of alkyl halides is 3. The lowest BCUT2D eigenvalue weighted by atomic mass is 9.98. The summed E-state index contributed by atoms with van der Waals surface area (Å²) in [5, 5.41) is 27.6. The molecule has 0 spiro atoms. The van der Waals surface area contributed by atoms with Crippen molar-refractivity contribution >= 4 is 5.97 Å². The van der Waals surface area contributed by atoms with Gasteiger partial charge in [-0.15, -0.1) is 0 Å². The number of rotatable bonds is 4. The molecule has 7 heteroatoms. The lowest BCUT2D eigenvalue weighted by molar-refractivity contribution is -0.141. The van der Waals surface area contributed by atoms with Gasteiger partial charge in [-0.25, -0.2) is 0 Å². The Hall–Kier alpha value is -1.60. The maximum absolute atomic E-state index is 12.6. The maximum atomic E-state index is 12.6. The fourth-order valence-corrected chi connectivity index (χ4v) is 1.66. The van der Waals surface area contributed by atoms with E-state index in [1.165, 1.54) is 13.0 Å². The second kappa shape index (κ2) is 5.58. The first-order valence-corrected chi connectivity index (χ1v) is 5.38. The van der Waals surface area contributed by atoms with Crippen LogP contribution in [0.25, 0.3) is 0 Å². The third kappa shape index (κ3) is 4.22. The van der Waals surface area contributed by atoms with E-state index >= 15 is 0 Å². The van der Waals surface area contributed by atoms with Crippen molar-refractivity contribution in [3.8, 4) is 0 Å². The number of aliphatic hydroxyl groups excluding tert-OH is 2. The number of benzene rings is 1. The summed E-state index contributed by atoms with van der Waals surface area (Å²) in [5.41, 5.74) is -0.864. The van der Waals surface area contributed by atoms with Crippen LogP contribution in [0, 0.1) is 6.92 Å². The van der Waals surface area contributed by atoms with Crippen LogP contribution in [0.2, 0.25) is 0 Å². The van der Waals surface area contributed by atoms with Crippen LogP contribution in [0.4, 0.5) is 13.2 Å². The van der Waals surface area contributed by atoms with Gasteiger partial charge in [0.2, 0.25) is 0 Å². The predicted octanol–water partition coefficient (Wildman–Crippen LogP) is 1.88. The molecule has 0 heterocycles. The molecule has 0 saturated heterocycles. The van der Waals surface area contributed by atoms with Crippen molar-refractivity contribution in [2.75, 3.05) is 0 Å². The van der Waals surface area contributed by atoms with Gasteiger partial charge < -0.3 is 15.3 Å². The number of carboxylic acid groups (broad SMARTS) is 1. The van der Waals surface area contributed by atoms with Crippen LogP contribution in [0.5, 0.6) is 0 Å². The summed E-state index contributed by atoms with van der Waals surface area (Å²) in [7, 11) is 0. The number of aliphatic carboxylic acids is 1. The van der Waals surface area contributed by atoms with Crippen molar-refractivity contribution in [3.05, 3.63) is 34.9 Å². The van der Waals surface area contributed by atoms with Crippen LogP contribution in [-0.2, 0) is 11.0 Å². The largest absolute Gasteiger partial charge is 0.481 e. The molecule has 2 unspecified atom stereocenters. The van der Waals surface area contributed by atoms with Crippen LogP contribution in [0.3, 0.4) is 0 Å². The van der Waals surface area contributed by atoms with Gasteiger partial charge in [-0.3, -0.25) is 4.79 Å². The average molecular weight is 278 g/mol. The molecule has 0 aromatic heterocycles. The van der Waals surface area contributed by atoms with Gasteiger partial charge in [0.05, 0.1) is 18.1 Å². The summed E-state index contributed by atoms with van der Waals surface area (Å²) in [6.45, 7) is 1.41. The number of aryl methyl sites for hydroxylation is 1. The van der Waals surface area contributed by atoms with Crippen molar-refractivity contribution in [2.45, 2.75) is 31.7 Å². The molecule has 0 aliphatic heterocycles. The second-order valence-corrected chi connectivity index (χ2v) is 4.24. The van der Waals surface area contributed by atoms with Crippen LogP contribution in [0.1, 0.15) is 29.2 Å². The quantitative estimate of drug-likeness (QED) is 0.786. The molecule has 0 amide bonds.